The molecule has 2 atom stereocenters. The molecule has 3 heterocycles. The quantitative estimate of drug-likeness (QED) is 0.647. The number of hydrogen-bond acceptors (Lipinski definition) is 3. The van der Waals surface area contributed by atoms with Crippen molar-refractivity contribution in [1.29, 1.82) is 0 Å². The van der Waals surface area contributed by atoms with Crippen molar-refractivity contribution in [3.8, 4) is 0 Å². The van der Waals surface area contributed by atoms with Gasteiger partial charge in [-0.2, -0.15) is 0 Å². The van der Waals surface area contributed by atoms with Crippen LogP contribution in [-0.4, -0.2) is 35.1 Å². The Bertz CT molecular complexity index is 936. The van der Waals surface area contributed by atoms with Gasteiger partial charge in [-0.25, -0.2) is 4.79 Å². The number of amides is 2. The lowest BCUT2D eigenvalue weighted by molar-refractivity contribution is -0.149. The van der Waals surface area contributed by atoms with E-state index in [2.05, 4.69) is 12.2 Å². The number of rotatable bonds is 1. The molecule has 0 aromatic heterocycles. The van der Waals surface area contributed by atoms with E-state index in [0.29, 0.717) is 0 Å². The lowest BCUT2D eigenvalue weighted by Gasteiger charge is -2.41. The average Bonchev–Trinajstić information content (AvgIpc) is 2.88. The Kier molecular flexibility index (Phi) is 4.38. The third-order valence-corrected chi connectivity index (χ3v) is 6.23. The number of ether oxygens (including phenoxy) is 1. The summed E-state index contributed by atoms with van der Waals surface area (Å²) in [5.74, 6) is -0.240. The zero-order valence-electron chi connectivity index (χ0n) is 16.5. The number of para-hydroxylation sites is 2. The first-order chi connectivity index (χ1) is 14.1. The topological polar surface area (TPSA) is 49.9 Å². The number of anilines is 2. The Morgan fingerprint density at radius 1 is 0.862 bits per heavy atom. The van der Waals surface area contributed by atoms with Crippen molar-refractivity contribution in [3.63, 3.8) is 0 Å². The Labute approximate surface area is 170 Å². The fraction of sp³-hybridized carbons (Fsp3) is 0.333. The minimum atomic E-state index is -0.240. The number of carbonyl (C=O) groups excluding carboxylic acids is 2. The third-order valence-electron chi connectivity index (χ3n) is 6.23. The number of hydrogen-bond donors (Lipinski definition) is 0. The molecule has 3 aliphatic heterocycles. The Hall–Kier alpha value is -3.08. The van der Waals surface area contributed by atoms with Crippen LogP contribution in [0.15, 0.2) is 48.5 Å². The van der Waals surface area contributed by atoms with Crippen molar-refractivity contribution in [1.82, 2.24) is 4.90 Å². The number of esters is 1. The van der Waals surface area contributed by atoms with Crippen molar-refractivity contribution in [2.45, 2.75) is 50.8 Å². The Morgan fingerprint density at radius 3 is 1.90 bits per heavy atom. The van der Waals surface area contributed by atoms with E-state index < -0.39 is 0 Å². The fourth-order valence-corrected chi connectivity index (χ4v) is 5.07. The first-order valence-corrected chi connectivity index (χ1v) is 10.3. The zero-order valence-corrected chi connectivity index (χ0v) is 16.5. The maximum absolute atomic E-state index is 13.9. The van der Waals surface area contributed by atoms with Crippen molar-refractivity contribution < 1.29 is 14.3 Å². The normalized spacial score (nSPS) is 24.5. The molecule has 5 heteroatoms. The second-order valence-corrected chi connectivity index (χ2v) is 8.06. The highest BCUT2D eigenvalue weighted by atomic mass is 16.5. The molecule has 2 aromatic rings. The minimum absolute atomic E-state index is 0.0161. The van der Waals surface area contributed by atoms with Crippen LogP contribution in [-0.2, 0) is 9.53 Å². The molecule has 0 unspecified atom stereocenters. The Morgan fingerprint density at radius 2 is 1.38 bits per heavy atom. The molecule has 5 nitrogen and oxygen atoms in total. The van der Waals surface area contributed by atoms with E-state index in [1.807, 2.05) is 58.3 Å². The zero-order chi connectivity index (χ0) is 20.0. The smallest absolute Gasteiger partial charge is 0.329 e. The second kappa shape index (κ2) is 7.07. The van der Waals surface area contributed by atoms with E-state index in [4.69, 9.17) is 4.74 Å². The SMILES string of the molecule is CC(=O)OC1C[C@@H]2CC[C@@H](C1)N2C(=O)N1c2ccccc2C=Cc2ccccc21. The summed E-state index contributed by atoms with van der Waals surface area (Å²) in [6.07, 6.45) is 7.42. The molecular formula is C24H24N2O3. The van der Waals surface area contributed by atoms with Gasteiger partial charge in [0.15, 0.2) is 0 Å². The van der Waals surface area contributed by atoms with Crippen LogP contribution in [0.25, 0.3) is 12.2 Å². The number of nitrogens with zero attached hydrogens (tertiary/aromatic N) is 2. The highest BCUT2D eigenvalue weighted by Gasteiger charge is 2.46. The van der Waals surface area contributed by atoms with Gasteiger partial charge in [-0.15, -0.1) is 0 Å². The summed E-state index contributed by atoms with van der Waals surface area (Å²) in [5.41, 5.74) is 3.86. The second-order valence-electron chi connectivity index (χ2n) is 8.06. The number of fused-ring (bicyclic) bond motifs is 4. The van der Waals surface area contributed by atoms with Gasteiger partial charge < -0.3 is 9.64 Å². The number of carbonyl (C=O) groups is 2. The molecule has 2 saturated heterocycles. The van der Waals surface area contributed by atoms with E-state index in [1.54, 1.807) is 0 Å². The van der Waals surface area contributed by atoms with Crippen LogP contribution in [0.3, 0.4) is 0 Å². The van der Waals surface area contributed by atoms with Gasteiger partial charge in [-0.05, 0) is 36.1 Å². The van der Waals surface area contributed by atoms with Gasteiger partial charge in [0, 0.05) is 31.8 Å². The molecule has 2 bridgehead atoms. The maximum Gasteiger partial charge on any atom is 0.329 e. The molecule has 0 spiro atoms. The first kappa shape index (κ1) is 18.0. The molecule has 3 aliphatic rings. The standard InChI is InChI=1S/C24H24N2O3/c1-16(27)29-21-14-19-12-13-20(15-21)25(19)24(28)26-22-8-4-2-6-17(22)10-11-18-7-3-5-9-23(18)26/h2-11,19-21H,12-15H2,1H3/t19-,20-/m0/s1. The summed E-state index contributed by atoms with van der Waals surface area (Å²) < 4.78 is 5.48. The van der Waals surface area contributed by atoms with Crippen LogP contribution in [0, 0.1) is 0 Å². The monoisotopic (exact) mass is 388 g/mol. The van der Waals surface area contributed by atoms with Crippen molar-refractivity contribution in [2.24, 2.45) is 0 Å². The summed E-state index contributed by atoms with van der Waals surface area (Å²) in [5, 5.41) is 0. The van der Waals surface area contributed by atoms with E-state index >= 15 is 0 Å². The van der Waals surface area contributed by atoms with Gasteiger partial charge >= 0.3 is 12.0 Å². The first-order valence-electron chi connectivity index (χ1n) is 10.3. The van der Waals surface area contributed by atoms with Crippen LogP contribution in [0.5, 0.6) is 0 Å². The maximum atomic E-state index is 13.9. The van der Waals surface area contributed by atoms with Crippen molar-refractivity contribution >= 4 is 35.5 Å². The van der Waals surface area contributed by atoms with Gasteiger partial charge in [0.2, 0.25) is 0 Å². The van der Waals surface area contributed by atoms with Gasteiger partial charge in [0.25, 0.3) is 0 Å². The van der Waals surface area contributed by atoms with Crippen LogP contribution in [0.1, 0.15) is 43.7 Å². The lowest BCUT2D eigenvalue weighted by Crippen LogP contribution is -2.53. The molecule has 0 aliphatic carbocycles. The van der Waals surface area contributed by atoms with E-state index in [1.165, 1.54) is 6.92 Å². The summed E-state index contributed by atoms with van der Waals surface area (Å²) in [6, 6.07) is 16.3. The van der Waals surface area contributed by atoms with Gasteiger partial charge in [-0.3, -0.25) is 9.69 Å². The predicted octanol–water partition coefficient (Wildman–Crippen LogP) is 4.99. The molecule has 2 amide bonds. The molecule has 2 aromatic carbocycles. The number of benzene rings is 2. The molecule has 0 saturated carbocycles. The average molecular weight is 388 g/mol. The van der Waals surface area contributed by atoms with Gasteiger partial charge in [0.05, 0.1) is 11.4 Å². The van der Waals surface area contributed by atoms with Crippen molar-refractivity contribution in [3.05, 3.63) is 59.7 Å². The molecule has 0 N–H and O–H groups in total. The molecule has 5 rings (SSSR count). The lowest BCUT2D eigenvalue weighted by atomic mass is 10.00. The van der Waals surface area contributed by atoms with Crippen LogP contribution in [0.4, 0.5) is 16.2 Å². The largest absolute Gasteiger partial charge is 0.462 e. The van der Waals surface area contributed by atoms with Crippen molar-refractivity contribution in [2.75, 3.05) is 4.90 Å². The highest BCUT2D eigenvalue weighted by Crippen LogP contribution is 2.42. The predicted molar refractivity (Wildman–Crippen MR) is 113 cm³/mol. The van der Waals surface area contributed by atoms with Gasteiger partial charge in [0.1, 0.15) is 6.10 Å². The van der Waals surface area contributed by atoms with E-state index in [0.717, 1.165) is 48.2 Å². The summed E-state index contributed by atoms with van der Waals surface area (Å²) in [6.45, 7) is 1.46. The highest BCUT2D eigenvalue weighted by molar-refractivity contribution is 6.05. The van der Waals surface area contributed by atoms with E-state index in [9.17, 15) is 9.59 Å². The molecule has 29 heavy (non-hydrogen) atoms. The third kappa shape index (κ3) is 3.11. The summed E-state index contributed by atoms with van der Waals surface area (Å²) in [4.78, 5) is 29.2. The van der Waals surface area contributed by atoms with Crippen LogP contribution >= 0.6 is 0 Å². The molecule has 148 valence electrons. The van der Waals surface area contributed by atoms with Crippen LogP contribution < -0.4 is 4.90 Å². The number of urea groups is 1. The molecular weight excluding hydrogens is 364 g/mol. The molecule has 2 fully saturated rings. The van der Waals surface area contributed by atoms with E-state index in [-0.39, 0.29) is 30.2 Å². The summed E-state index contributed by atoms with van der Waals surface area (Å²) >= 11 is 0. The van der Waals surface area contributed by atoms with Gasteiger partial charge in [-0.1, -0.05) is 48.6 Å². The Balaban J connectivity index is 1.52. The minimum Gasteiger partial charge on any atom is -0.462 e. The molecule has 0 radical (unpaired) electrons. The fourth-order valence-electron chi connectivity index (χ4n) is 5.07. The van der Waals surface area contributed by atoms with Crippen LogP contribution in [0.2, 0.25) is 0 Å². The summed E-state index contributed by atoms with van der Waals surface area (Å²) in [7, 11) is 0. The number of piperidine rings is 1.